The number of aromatic nitrogens is 3. The van der Waals surface area contributed by atoms with Gasteiger partial charge in [0.25, 0.3) is 5.91 Å². The van der Waals surface area contributed by atoms with Crippen LogP contribution in [0.2, 0.25) is 5.02 Å². The Kier molecular flexibility index (Phi) is 7.70. The lowest BCUT2D eigenvalue weighted by atomic mass is 10.1. The predicted molar refractivity (Wildman–Crippen MR) is 124 cm³/mol. The van der Waals surface area contributed by atoms with E-state index in [1.165, 1.54) is 17.3 Å². The summed E-state index contributed by atoms with van der Waals surface area (Å²) in [6, 6.07) is 14.1. The van der Waals surface area contributed by atoms with Crippen LogP contribution in [0, 0.1) is 0 Å². The topological polar surface area (TPSA) is 88.9 Å². The summed E-state index contributed by atoms with van der Waals surface area (Å²) in [6.07, 6.45) is 0.956. The minimum Gasteiger partial charge on any atom is -0.342 e. The maximum absolute atomic E-state index is 12.4. The largest absolute Gasteiger partial charge is 0.342 e. The summed E-state index contributed by atoms with van der Waals surface area (Å²) in [5, 5.41) is 15.3. The number of amides is 2. The second kappa shape index (κ2) is 10.5. The molecule has 2 N–H and O–H groups in total. The standard InChI is InChI=1S/C22H24ClN5O2S/c1-4-15-5-11-18(12-6-15)25-19(29)13-31-22-27-26-20(28(22)3)14(2)24-21(30)16-7-9-17(23)10-8-16/h5-12,14H,4,13H2,1-3H3,(H,24,30)(H,25,29)/t14-/m0/s1. The van der Waals surface area contributed by atoms with Gasteiger partial charge < -0.3 is 15.2 Å². The van der Waals surface area contributed by atoms with Crippen LogP contribution in [-0.2, 0) is 18.3 Å². The number of carbonyl (C=O) groups is 2. The molecule has 1 heterocycles. The molecule has 1 aromatic heterocycles. The number of rotatable bonds is 8. The number of nitrogens with zero attached hydrogens (tertiary/aromatic N) is 3. The lowest BCUT2D eigenvalue weighted by molar-refractivity contribution is -0.113. The van der Waals surface area contributed by atoms with E-state index >= 15 is 0 Å². The lowest BCUT2D eigenvalue weighted by Gasteiger charge is -2.13. The summed E-state index contributed by atoms with van der Waals surface area (Å²) in [4.78, 5) is 24.7. The van der Waals surface area contributed by atoms with Crippen LogP contribution in [0.4, 0.5) is 5.69 Å². The van der Waals surface area contributed by atoms with Crippen LogP contribution in [0.1, 0.15) is 41.6 Å². The van der Waals surface area contributed by atoms with Crippen molar-refractivity contribution < 1.29 is 9.59 Å². The summed E-state index contributed by atoms with van der Waals surface area (Å²) in [6.45, 7) is 3.92. The molecule has 0 saturated carbocycles. The molecule has 0 bridgehead atoms. The van der Waals surface area contributed by atoms with Crippen molar-refractivity contribution in [1.29, 1.82) is 0 Å². The van der Waals surface area contributed by atoms with Crippen molar-refractivity contribution >= 4 is 40.9 Å². The zero-order chi connectivity index (χ0) is 22.4. The third-order valence-corrected chi connectivity index (χ3v) is 5.96. The fourth-order valence-electron chi connectivity index (χ4n) is 2.93. The van der Waals surface area contributed by atoms with Gasteiger partial charge in [-0.1, -0.05) is 42.4 Å². The molecule has 3 rings (SSSR count). The first-order valence-electron chi connectivity index (χ1n) is 9.84. The minimum atomic E-state index is -0.360. The molecule has 2 amide bonds. The van der Waals surface area contributed by atoms with E-state index in [0.29, 0.717) is 21.6 Å². The Morgan fingerprint density at radius 1 is 1.10 bits per heavy atom. The first-order chi connectivity index (χ1) is 14.9. The molecule has 0 aliphatic carbocycles. The second-order valence-corrected chi connectivity index (χ2v) is 8.37. The van der Waals surface area contributed by atoms with Gasteiger partial charge >= 0.3 is 0 Å². The van der Waals surface area contributed by atoms with Crippen molar-refractivity contribution in [3.05, 3.63) is 70.5 Å². The number of halogens is 1. The molecule has 0 spiro atoms. The molecule has 0 saturated heterocycles. The van der Waals surface area contributed by atoms with E-state index in [1.54, 1.807) is 28.8 Å². The second-order valence-electron chi connectivity index (χ2n) is 6.99. The van der Waals surface area contributed by atoms with E-state index < -0.39 is 0 Å². The highest BCUT2D eigenvalue weighted by Crippen LogP contribution is 2.20. The highest BCUT2D eigenvalue weighted by Gasteiger charge is 2.19. The van der Waals surface area contributed by atoms with Crippen LogP contribution < -0.4 is 10.6 Å². The normalized spacial score (nSPS) is 11.7. The van der Waals surface area contributed by atoms with E-state index in [0.717, 1.165) is 12.1 Å². The fraction of sp³-hybridized carbons (Fsp3) is 0.273. The summed E-state index contributed by atoms with van der Waals surface area (Å²) in [5.74, 6) is 0.450. The van der Waals surface area contributed by atoms with Crippen LogP contribution in [0.5, 0.6) is 0 Å². The molecule has 9 heteroatoms. The van der Waals surface area contributed by atoms with Crippen molar-refractivity contribution in [2.24, 2.45) is 7.05 Å². The van der Waals surface area contributed by atoms with Crippen LogP contribution >= 0.6 is 23.4 Å². The monoisotopic (exact) mass is 457 g/mol. The van der Waals surface area contributed by atoms with Crippen LogP contribution in [0.3, 0.4) is 0 Å². The molecular weight excluding hydrogens is 434 g/mol. The molecule has 162 valence electrons. The molecule has 7 nitrogen and oxygen atoms in total. The molecule has 0 fully saturated rings. The molecule has 0 aliphatic rings. The average molecular weight is 458 g/mol. The number of thioether (sulfide) groups is 1. The molecule has 1 atom stereocenters. The van der Waals surface area contributed by atoms with Crippen molar-refractivity contribution in [2.45, 2.75) is 31.5 Å². The zero-order valence-electron chi connectivity index (χ0n) is 17.6. The van der Waals surface area contributed by atoms with Crippen LogP contribution in [-0.4, -0.2) is 32.3 Å². The van der Waals surface area contributed by atoms with Crippen molar-refractivity contribution in [2.75, 3.05) is 11.1 Å². The number of nitrogens with one attached hydrogen (secondary N) is 2. The van der Waals surface area contributed by atoms with Gasteiger partial charge in [0.1, 0.15) is 0 Å². The molecule has 0 radical (unpaired) electrons. The predicted octanol–water partition coefficient (Wildman–Crippen LogP) is 4.25. The molecule has 0 unspecified atom stereocenters. The van der Waals surface area contributed by atoms with Crippen LogP contribution in [0.15, 0.2) is 53.7 Å². The molecular formula is C22H24ClN5O2S. The van der Waals surface area contributed by atoms with Gasteiger partial charge in [0.2, 0.25) is 5.91 Å². The number of benzene rings is 2. The number of anilines is 1. The number of aryl methyl sites for hydroxylation is 1. The highest BCUT2D eigenvalue weighted by atomic mass is 35.5. The van der Waals surface area contributed by atoms with E-state index in [9.17, 15) is 9.59 Å². The minimum absolute atomic E-state index is 0.122. The third-order valence-electron chi connectivity index (χ3n) is 4.69. The van der Waals surface area contributed by atoms with Crippen LogP contribution in [0.25, 0.3) is 0 Å². The van der Waals surface area contributed by atoms with Crippen molar-refractivity contribution in [3.8, 4) is 0 Å². The Balaban J connectivity index is 1.55. The number of hydrogen-bond donors (Lipinski definition) is 2. The first-order valence-corrected chi connectivity index (χ1v) is 11.2. The number of carbonyl (C=O) groups excluding carboxylic acids is 2. The Morgan fingerprint density at radius 3 is 2.42 bits per heavy atom. The smallest absolute Gasteiger partial charge is 0.251 e. The van der Waals surface area contributed by atoms with E-state index in [2.05, 4.69) is 27.8 Å². The Labute approximate surface area is 190 Å². The summed E-state index contributed by atoms with van der Waals surface area (Å²) < 4.78 is 1.78. The average Bonchev–Trinajstić information content (AvgIpc) is 3.13. The first kappa shape index (κ1) is 22.8. The van der Waals surface area contributed by atoms with Crippen molar-refractivity contribution in [1.82, 2.24) is 20.1 Å². The van der Waals surface area contributed by atoms with E-state index in [-0.39, 0.29) is 23.6 Å². The highest BCUT2D eigenvalue weighted by molar-refractivity contribution is 7.99. The third kappa shape index (κ3) is 6.08. The van der Waals surface area contributed by atoms with Gasteiger partial charge in [-0.15, -0.1) is 10.2 Å². The van der Waals surface area contributed by atoms with Gasteiger partial charge in [-0.25, -0.2) is 0 Å². The lowest BCUT2D eigenvalue weighted by Crippen LogP contribution is -2.28. The quantitative estimate of drug-likeness (QED) is 0.493. The Morgan fingerprint density at radius 2 is 1.77 bits per heavy atom. The maximum Gasteiger partial charge on any atom is 0.251 e. The summed E-state index contributed by atoms with van der Waals surface area (Å²) in [7, 11) is 1.81. The van der Waals surface area contributed by atoms with Gasteiger partial charge in [0.15, 0.2) is 11.0 Å². The molecule has 0 aliphatic heterocycles. The van der Waals surface area contributed by atoms with Gasteiger partial charge in [-0.2, -0.15) is 0 Å². The fourth-order valence-corrected chi connectivity index (χ4v) is 3.77. The number of hydrogen-bond acceptors (Lipinski definition) is 5. The molecule has 2 aromatic carbocycles. The Bertz CT molecular complexity index is 1050. The van der Waals surface area contributed by atoms with Gasteiger partial charge in [-0.3, -0.25) is 9.59 Å². The van der Waals surface area contributed by atoms with E-state index in [1.807, 2.05) is 38.2 Å². The SMILES string of the molecule is CCc1ccc(NC(=O)CSc2nnc([C@H](C)NC(=O)c3ccc(Cl)cc3)n2C)cc1. The zero-order valence-corrected chi connectivity index (χ0v) is 19.1. The van der Waals surface area contributed by atoms with Gasteiger partial charge in [0.05, 0.1) is 11.8 Å². The maximum atomic E-state index is 12.4. The Hall–Kier alpha value is -2.84. The molecule has 3 aromatic rings. The summed E-state index contributed by atoms with van der Waals surface area (Å²) in [5.41, 5.74) is 2.49. The van der Waals surface area contributed by atoms with Crippen molar-refractivity contribution in [3.63, 3.8) is 0 Å². The van der Waals surface area contributed by atoms with Gasteiger partial charge in [0, 0.05) is 23.3 Å². The van der Waals surface area contributed by atoms with Gasteiger partial charge in [-0.05, 0) is 55.3 Å². The molecule has 31 heavy (non-hydrogen) atoms. The summed E-state index contributed by atoms with van der Waals surface area (Å²) >= 11 is 7.15. The van der Waals surface area contributed by atoms with E-state index in [4.69, 9.17) is 11.6 Å².